The van der Waals surface area contributed by atoms with Crippen molar-refractivity contribution in [1.82, 2.24) is 9.38 Å². The molecular formula is C16H17N3. The average molecular weight is 251 g/mol. The number of anilines is 1. The normalized spacial score (nSPS) is 11.1. The third-order valence-electron chi connectivity index (χ3n) is 3.47. The van der Waals surface area contributed by atoms with E-state index < -0.39 is 0 Å². The number of aromatic nitrogens is 2. The van der Waals surface area contributed by atoms with Crippen LogP contribution in [0.3, 0.4) is 0 Å². The average Bonchev–Trinajstić information content (AvgIpc) is 2.69. The Kier molecular flexibility index (Phi) is 2.56. The van der Waals surface area contributed by atoms with Crippen LogP contribution in [0.25, 0.3) is 16.9 Å². The second-order valence-corrected chi connectivity index (χ2v) is 5.10. The summed E-state index contributed by atoms with van der Waals surface area (Å²) in [4.78, 5) is 4.68. The summed E-state index contributed by atoms with van der Waals surface area (Å²) in [6.07, 6.45) is 1.97. The molecule has 19 heavy (non-hydrogen) atoms. The highest BCUT2D eigenvalue weighted by Gasteiger charge is 2.13. The molecule has 3 rings (SSSR count). The van der Waals surface area contributed by atoms with Crippen molar-refractivity contribution >= 4 is 11.5 Å². The number of rotatable bonds is 1. The summed E-state index contributed by atoms with van der Waals surface area (Å²) >= 11 is 0. The lowest BCUT2D eigenvalue weighted by atomic mass is 10.0. The number of aryl methyl sites for hydroxylation is 3. The molecule has 0 saturated heterocycles. The van der Waals surface area contributed by atoms with E-state index in [1.807, 2.05) is 22.7 Å². The molecule has 1 aromatic carbocycles. The zero-order valence-electron chi connectivity index (χ0n) is 11.4. The minimum atomic E-state index is 0.698. The highest BCUT2D eigenvalue weighted by molar-refractivity contribution is 5.77. The van der Waals surface area contributed by atoms with Gasteiger partial charge < -0.3 is 5.73 Å². The predicted molar refractivity (Wildman–Crippen MR) is 79.3 cm³/mol. The second kappa shape index (κ2) is 4.12. The van der Waals surface area contributed by atoms with Gasteiger partial charge in [0.05, 0.1) is 0 Å². The van der Waals surface area contributed by atoms with Crippen molar-refractivity contribution in [3.8, 4) is 11.3 Å². The number of nitrogens with two attached hydrogens (primary N) is 1. The van der Waals surface area contributed by atoms with Gasteiger partial charge in [-0.15, -0.1) is 0 Å². The third-order valence-corrected chi connectivity index (χ3v) is 3.47. The highest BCUT2D eigenvalue weighted by atomic mass is 15.1. The van der Waals surface area contributed by atoms with Gasteiger partial charge in [-0.25, -0.2) is 4.98 Å². The topological polar surface area (TPSA) is 43.3 Å². The molecule has 0 aliphatic rings. The first-order valence-electron chi connectivity index (χ1n) is 6.38. The molecule has 0 saturated carbocycles. The molecule has 96 valence electrons. The first-order valence-corrected chi connectivity index (χ1v) is 6.38. The van der Waals surface area contributed by atoms with E-state index in [0.29, 0.717) is 5.82 Å². The molecule has 3 nitrogen and oxygen atoms in total. The van der Waals surface area contributed by atoms with E-state index in [1.54, 1.807) is 0 Å². The smallest absolute Gasteiger partial charge is 0.139 e. The molecule has 0 amide bonds. The standard InChI is InChI=1S/C16H17N3/c1-10-4-5-12(3)13(8-10)15-16(17)19-7-6-11(2)9-14(19)18-15/h4-9H,17H2,1-3H3. The molecule has 2 heterocycles. The minimum Gasteiger partial charge on any atom is -0.383 e. The lowest BCUT2D eigenvalue weighted by Gasteiger charge is -2.05. The number of hydrogen-bond donors (Lipinski definition) is 1. The molecule has 0 spiro atoms. The zero-order valence-corrected chi connectivity index (χ0v) is 11.4. The molecule has 0 bridgehead atoms. The van der Waals surface area contributed by atoms with Gasteiger partial charge in [-0.1, -0.05) is 17.7 Å². The van der Waals surface area contributed by atoms with E-state index in [2.05, 4.69) is 44.0 Å². The van der Waals surface area contributed by atoms with E-state index in [4.69, 9.17) is 5.73 Å². The Hall–Kier alpha value is -2.29. The Balaban J connectivity index is 2.30. The number of nitrogen functional groups attached to an aromatic ring is 1. The number of fused-ring (bicyclic) bond motifs is 1. The fourth-order valence-electron chi connectivity index (χ4n) is 2.35. The van der Waals surface area contributed by atoms with Gasteiger partial charge in [0.25, 0.3) is 0 Å². The molecular weight excluding hydrogens is 234 g/mol. The van der Waals surface area contributed by atoms with Crippen LogP contribution in [0.15, 0.2) is 36.5 Å². The summed E-state index contributed by atoms with van der Waals surface area (Å²) in [5.41, 5.74) is 12.7. The largest absolute Gasteiger partial charge is 0.383 e. The first-order chi connectivity index (χ1) is 9.06. The molecule has 0 fully saturated rings. The minimum absolute atomic E-state index is 0.698. The third kappa shape index (κ3) is 1.87. The van der Waals surface area contributed by atoms with Gasteiger partial charge in [-0.3, -0.25) is 4.40 Å². The lowest BCUT2D eigenvalue weighted by molar-refractivity contribution is 1.18. The van der Waals surface area contributed by atoms with Gasteiger partial charge in [-0.2, -0.15) is 0 Å². The Labute approximate surface area is 112 Å². The van der Waals surface area contributed by atoms with Gasteiger partial charge in [0, 0.05) is 11.8 Å². The number of nitrogens with zero attached hydrogens (tertiary/aromatic N) is 2. The fraction of sp³-hybridized carbons (Fsp3) is 0.188. The fourth-order valence-corrected chi connectivity index (χ4v) is 2.35. The van der Waals surface area contributed by atoms with Crippen LogP contribution in [0.2, 0.25) is 0 Å². The van der Waals surface area contributed by atoms with E-state index >= 15 is 0 Å². The van der Waals surface area contributed by atoms with Crippen LogP contribution in [0.1, 0.15) is 16.7 Å². The lowest BCUT2D eigenvalue weighted by Crippen LogP contribution is -1.95. The molecule has 3 heteroatoms. The van der Waals surface area contributed by atoms with Crippen LogP contribution in [-0.2, 0) is 0 Å². The van der Waals surface area contributed by atoms with Gasteiger partial charge in [-0.05, 0) is 50.1 Å². The Morgan fingerprint density at radius 3 is 2.53 bits per heavy atom. The number of hydrogen-bond acceptors (Lipinski definition) is 2. The molecule has 2 aromatic heterocycles. The van der Waals surface area contributed by atoms with Crippen LogP contribution in [0.4, 0.5) is 5.82 Å². The van der Waals surface area contributed by atoms with Crippen molar-refractivity contribution in [2.45, 2.75) is 20.8 Å². The predicted octanol–water partition coefficient (Wildman–Crippen LogP) is 3.51. The molecule has 0 aliphatic carbocycles. The highest BCUT2D eigenvalue weighted by Crippen LogP contribution is 2.29. The van der Waals surface area contributed by atoms with Crippen LogP contribution in [0, 0.1) is 20.8 Å². The summed E-state index contributed by atoms with van der Waals surface area (Å²) in [5, 5.41) is 0. The van der Waals surface area contributed by atoms with Gasteiger partial charge in [0.2, 0.25) is 0 Å². The summed E-state index contributed by atoms with van der Waals surface area (Å²) in [7, 11) is 0. The molecule has 2 N–H and O–H groups in total. The summed E-state index contributed by atoms with van der Waals surface area (Å²) in [6, 6.07) is 10.4. The Morgan fingerprint density at radius 2 is 1.74 bits per heavy atom. The van der Waals surface area contributed by atoms with Crippen molar-refractivity contribution in [3.63, 3.8) is 0 Å². The summed E-state index contributed by atoms with van der Waals surface area (Å²) in [6.45, 7) is 6.23. The zero-order chi connectivity index (χ0) is 13.6. The number of benzene rings is 1. The monoisotopic (exact) mass is 251 g/mol. The Morgan fingerprint density at radius 1 is 1.00 bits per heavy atom. The maximum Gasteiger partial charge on any atom is 0.139 e. The van der Waals surface area contributed by atoms with Crippen molar-refractivity contribution in [2.24, 2.45) is 0 Å². The van der Waals surface area contributed by atoms with Crippen LogP contribution in [-0.4, -0.2) is 9.38 Å². The van der Waals surface area contributed by atoms with Gasteiger partial charge in [0.15, 0.2) is 0 Å². The van der Waals surface area contributed by atoms with Crippen molar-refractivity contribution < 1.29 is 0 Å². The van der Waals surface area contributed by atoms with Crippen molar-refractivity contribution in [3.05, 3.63) is 53.2 Å². The number of imidazole rings is 1. The maximum atomic E-state index is 6.24. The second-order valence-electron chi connectivity index (χ2n) is 5.10. The van der Waals surface area contributed by atoms with E-state index in [0.717, 1.165) is 16.9 Å². The van der Waals surface area contributed by atoms with Crippen LogP contribution < -0.4 is 5.73 Å². The van der Waals surface area contributed by atoms with Crippen LogP contribution in [0.5, 0.6) is 0 Å². The molecule has 0 unspecified atom stereocenters. The van der Waals surface area contributed by atoms with E-state index in [-0.39, 0.29) is 0 Å². The van der Waals surface area contributed by atoms with Crippen LogP contribution >= 0.6 is 0 Å². The quantitative estimate of drug-likeness (QED) is 0.719. The SMILES string of the molecule is Cc1ccc(C)c(-c2nc3cc(C)ccn3c2N)c1. The van der Waals surface area contributed by atoms with Gasteiger partial charge in [0.1, 0.15) is 17.2 Å². The Bertz CT molecular complexity index is 769. The van der Waals surface area contributed by atoms with E-state index in [9.17, 15) is 0 Å². The van der Waals surface area contributed by atoms with Crippen molar-refractivity contribution in [1.29, 1.82) is 0 Å². The molecule has 3 aromatic rings. The molecule has 0 atom stereocenters. The maximum absolute atomic E-state index is 6.24. The summed E-state index contributed by atoms with van der Waals surface area (Å²) < 4.78 is 1.93. The van der Waals surface area contributed by atoms with E-state index in [1.165, 1.54) is 16.7 Å². The van der Waals surface area contributed by atoms with Crippen molar-refractivity contribution in [2.75, 3.05) is 5.73 Å². The summed E-state index contributed by atoms with van der Waals surface area (Å²) in [5.74, 6) is 0.698. The van der Waals surface area contributed by atoms with Gasteiger partial charge >= 0.3 is 0 Å². The molecule has 0 radical (unpaired) electrons. The molecule has 0 aliphatic heterocycles. The first kappa shape index (κ1) is 11.8. The number of pyridine rings is 1.